The number of nitrogens with zero attached hydrogens (tertiary/aromatic N) is 3. The second-order valence-electron chi connectivity index (χ2n) is 4.90. The number of anilines is 1. The lowest BCUT2D eigenvalue weighted by molar-refractivity contribution is -0.123. The van der Waals surface area contributed by atoms with Crippen LogP contribution in [0.4, 0.5) is 5.69 Å². The van der Waals surface area contributed by atoms with Gasteiger partial charge in [0.2, 0.25) is 0 Å². The Hall–Kier alpha value is -2.67. The molecule has 3 N–H and O–H groups in total. The Morgan fingerprint density at radius 1 is 1.48 bits per heavy atom. The number of aromatic amines is 1. The monoisotopic (exact) mass is 285 g/mol. The topological polar surface area (TPSA) is 95.8 Å². The highest BCUT2D eigenvalue weighted by molar-refractivity contribution is 5.96. The van der Waals surface area contributed by atoms with Gasteiger partial charge in [-0.1, -0.05) is 0 Å². The number of benzene rings is 1. The number of aliphatic hydroxyl groups excluding tert-OH is 1. The van der Waals surface area contributed by atoms with E-state index in [1.165, 1.54) is 0 Å². The number of hydrogen-bond donors (Lipinski definition) is 3. The standard InChI is InChI=1S/C14H15N5O2/c1-19-8-9(6-16-19)4-13(20)14(21)17-11-3-2-10-7-15-18-12(10)5-11/h2-3,5-8,13,20H,4H2,1H3,(H,15,18)(H,17,21). The number of rotatable bonds is 4. The first-order valence-electron chi connectivity index (χ1n) is 6.51. The van der Waals surface area contributed by atoms with E-state index in [0.29, 0.717) is 5.69 Å². The Morgan fingerprint density at radius 3 is 3.10 bits per heavy atom. The second-order valence-corrected chi connectivity index (χ2v) is 4.90. The zero-order valence-electron chi connectivity index (χ0n) is 11.4. The molecule has 2 heterocycles. The fourth-order valence-corrected chi connectivity index (χ4v) is 2.13. The van der Waals surface area contributed by atoms with E-state index in [-0.39, 0.29) is 6.42 Å². The van der Waals surface area contributed by atoms with Gasteiger partial charge in [-0.15, -0.1) is 0 Å². The van der Waals surface area contributed by atoms with E-state index in [4.69, 9.17) is 0 Å². The van der Waals surface area contributed by atoms with Crippen LogP contribution in [0.1, 0.15) is 5.56 Å². The van der Waals surface area contributed by atoms with Crippen LogP contribution in [0.5, 0.6) is 0 Å². The summed E-state index contributed by atoms with van der Waals surface area (Å²) in [5.74, 6) is -0.447. The predicted molar refractivity (Wildman–Crippen MR) is 77.6 cm³/mol. The molecule has 0 aliphatic heterocycles. The molecule has 7 nitrogen and oxygen atoms in total. The summed E-state index contributed by atoms with van der Waals surface area (Å²) in [7, 11) is 1.79. The van der Waals surface area contributed by atoms with E-state index in [2.05, 4.69) is 20.6 Å². The average molecular weight is 285 g/mol. The molecule has 0 saturated heterocycles. The van der Waals surface area contributed by atoms with Crippen molar-refractivity contribution in [1.29, 1.82) is 0 Å². The molecule has 3 rings (SSSR count). The van der Waals surface area contributed by atoms with Gasteiger partial charge < -0.3 is 10.4 Å². The highest BCUT2D eigenvalue weighted by Crippen LogP contribution is 2.17. The SMILES string of the molecule is Cn1cc(CC(O)C(=O)Nc2ccc3cn[nH]c3c2)cn1. The number of aliphatic hydroxyl groups is 1. The van der Waals surface area contributed by atoms with Crippen molar-refractivity contribution in [2.45, 2.75) is 12.5 Å². The minimum Gasteiger partial charge on any atom is -0.383 e. The highest BCUT2D eigenvalue weighted by atomic mass is 16.3. The van der Waals surface area contributed by atoms with E-state index in [0.717, 1.165) is 16.5 Å². The van der Waals surface area contributed by atoms with Gasteiger partial charge in [-0.05, 0) is 23.8 Å². The molecule has 1 atom stereocenters. The molecule has 0 saturated carbocycles. The maximum Gasteiger partial charge on any atom is 0.253 e. The Balaban J connectivity index is 1.67. The van der Waals surface area contributed by atoms with Gasteiger partial charge >= 0.3 is 0 Å². The molecule has 2 aromatic heterocycles. The molecule has 3 aromatic rings. The van der Waals surface area contributed by atoms with Gasteiger partial charge in [0, 0.05) is 30.7 Å². The number of aryl methyl sites for hydroxylation is 1. The molecule has 0 spiro atoms. The van der Waals surface area contributed by atoms with Gasteiger partial charge in [0.25, 0.3) is 5.91 Å². The summed E-state index contributed by atoms with van der Waals surface area (Å²) in [5, 5.41) is 24.3. The number of nitrogens with one attached hydrogen (secondary N) is 2. The van der Waals surface area contributed by atoms with E-state index in [9.17, 15) is 9.90 Å². The zero-order chi connectivity index (χ0) is 14.8. The summed E-state index contributed by atoms with van der Waals surface area (Å²) in [6.45, 7) is 0. The molecule has 0 fully saturated rings. The first-order chi connectivity index (χ1) is 10.1. The third-order valence-electron chi connectivity index (χ3n) is 3.20. The molecule has 1 unspecified atom stereocenters. The van der Waals surface area contributed by atoms with Crippen molar-refractivity contribution >= 4 is 22.5 Å². The van der Waals surface area contributed by atoms with Crippen molar-refractivity contribution in [1.82, 2.24) is 20.0 Å². The molecule has 1 aromatic carbocycles. The summed E-state index contributed by atoms with van der Waals surface area (Å²) in [5.41, 5.74) is 2.25. The van der Waals surface area contributed by atoms with Crippen LogP contribution >= 0.6 is 0 Å². The number of hydrogen-bond acceptors (Lipinski definition) is 4. The van der Waals surface area contributed by atoms with E-state index >= 15 is 0 Å². The summed E-state index contributed by atoms with van der Waals surface area (Å²) >= 11 is 0. The van der Waals surface area contributed by atoms with Crippen LogP contribution in [0.2, 0.25) is 0 Å². The highest BCUT2D eigenvalue weighted by Gasteiger charge is 2.16. The van der Waals surface area contributed by atoms with Crippen molar-refractivity contribution in [2.24, 2.45) is 7.05 Å². The van der Waals surface area contributed by atoms with Crippen molar-refractivity contribution in [3.05, 3.63) is 42.4 Å². The molecule has 7 heteroatoms. The summed E-state index contributed by atoms with van der Waals surface area (Å²) in [6, 6.07) is 5.39. The smallest absolute Gasteiger partial charge is 0.253 e. The van der Waals surface area contributed by atoms with Crippen LogP contribution in [-0.4, -0.2) is 37.1 Å². The van der Waals surface area contributed by atoms with Crippen LogP contribution in [0.15, 0.2) is 36.8 Å². The Labute approximate surface area is 120 Å². The van der Waals surface area contributed by atoms with Crippen molar-refractivity contribution in [2.75, 3.05) is 5.32 Å². The minimum atomic E-state index is -1.12. The second kappa shape index (κ2) is 5.37. The molecule has 0 bridgehead atoms. The first kappa shape index (κ1) is 13.3. The summed E-state index contributed by atoms with van der Waals surface area (Å²) in [4.78, 5) is 12.0. The molecule has 0 aliphatic carbocycles. The van der Waals surface area contributed by atoms with Gasteiger partial charge in [-0.3, -0.25) is 14.6 Å². The van der Waals surface area contributed by atoms with Crippen molar-refractivity contribution < 1.29 is 9.90 Å². The summed E-state index contributed by atoms with van der Waals surface area (Å²) < 4.78 is 1.63. The van der Waals surface area contributed by atoms with E-state index < -0.39 is 12.0 Å². The molecule has 108 valence electrons. The molecule has 21 heavy (non-hydrogen) atoms. The third kappa shape index (κ3) is 2.92. The average Bonchev–Trinajstić information content (AvgIpc) is 3.07. The van der Waals surface area contributed by atoms with Gasteiger partial charge in [0.15, 0.2) is 0 Å². The van der Waals surface area contributed by atoms with Gasteiger partial charge in [0.1, 0.15) is 6.10 Å². The molecule has 0 aliphatic rings. The van der Waals surface area contributed by atoms with Crippen LogP contribution in [-0.2, 0) is 18.3 Å². The third-order valence-corrected chi connectivity index (χ3v) is 3.20. The zero-order valence-corrected chi connectivity index (χ0v) is 11.4. The van der Waals surface area contributed by atoms with Crippen molar-refractivity contribution in [3.63, 3.8) is 0 Å². The lowest BCUT2D eigenvalue weighted by Crippen LogP contribution is -2.29. The van der Waals surface area contributed by atoms with E-state index in [1.54, 1.807) is 42.5 Å². The molecule has 1 amide bonds. The quantitative estimate of drug-likeness (QED) is 0.662. The number of carbonyl (C=O) groups is 1. The fraction of sp³-hybridized carbons (Fsp3) is 0.214. The number of H-pyrrole nitrogens is 1. The lowest BCUT2D eigenvalue weighted by atomic mass is 10.1. The Kier molecular flexibility index (Phi) is 3.41. The van der Waals surface area contributed by atoms with Gasteiger partial charge in [0.05, 0.1) is 17.9 Å². The Morgan fingerprint density at radius 2 is 2.33 bits per heavy atom. The van der Waals surface area contributed by atoms with Crippen LogP contribution in [0.25, 0.3) is 10.9 Å². The maximum atomic E-state index is 12.0. The van der Waals surface area contributed by atoms with Crippen molar-refractivity contribution in [3.8, 4) is 0 Å². The summed E-state index contributed by atoms with van der Waals surface area (Å²) in [6.07, 6.45) is 4.22. The minimum absolute atomic E-state index is 0.228. The normalized spacial score (nSPS) is 12.5. The van der Waals surface area contributed by atoms with E-state index in [1.807, 2.05) is 6.07 Å². The van der Waals surface area contributed by atoms with Gasteiger partial charge in [-0.2, -0.15) is 10.2 Å². The van der Waals surface area contributed by atoms with Crippen LogP contribution in [0, 0.1) is 0 Å². The Bertz CT molecular complexity index is 776. The number of fused-ring (bicyclic) bond motifs is 1. The molecular weight excluding hydrogens is 270 g/mol. The van der Waals surface area contributed by atoms with Gasteiger partial charge in [-0.25, -0.2) is 0 Å². The first-order valence-corrected chi connectivity index (χ1v) is 6.51. The van der Waals surface area contributed by atoms with Crippen LogP contribution in [0.3, 0.4) is 0 Å². The number of carbonyl (C=O) groups excluding carboxylic acids is 1. The lowest BCUT2D eigenvalue weighted by Gasteiger charge is -2.10. The fourth-order valence-electron chi connectivity index (χ4n) is 2.13. The van der Waals surface area contributed by atoms with Crippen LogP contribution < -0.4 is 5.32 Å². The number of aromatic nitrogens is 4. The number of amides is 1. The maximum absolute atomic E-state index is 12.0. The molecule has 0 radical (unpaired) electrons. The predicted octanol–water partition coefficient (Wildman–Crippen LogP) is 0.838. The largest absolute Gasteiger partial charge is 0.383 e. The molecular formula is C14H15N5O2.